The third-order valence-corrected chi connectivity index (χ3v) is 2.51. The SMILES string of the molecule is CCOC(=O)NC(CNC(N)=NCC(C)C)CC(C)C.I. The van der Waals surface area contributed by atoms with Gasteiger partial charge in [-0.15, -0.1) is 24.0 Å². The van der Waals surface area contributed by atoms with Crippen molar-refractivity contribution in [3.8, 4) is 0 Å². The van der Waals surface area contributed by atoms with E-state index >= 15 is 0 Å². The van der Waals surface area contributed by atoms with Crippen LogP contribution >= 0.6 is 24.0 Å². The Morgan fingerprint density at radius 2 is 1.86 bits per heavy atom. The number of halogens is 1. The Labute approximate surface area is 145 Å². The number of nitrogens with zero attached hydrogens (tertiary/aromatic N) is 1. The first kappa shape index (κ1) is 22.5. The zero-order valence-electron chi connectivity index (χ0n) is 13.8. The Balaban J connectivity index is 0. The van der Waals surface area contributed by atoms with E-state index in [0.29, 0.717) is 37.5 Å². The van der Waals surface area contributed by atoms with Crippen LogP contribution in [0.5, 0.6) is 0 Å². The number of carbonyl (C=O) groups excluding carboxylic acids is 1. The Hall–Kier alpha value is -0.730. The van der Waals surface area contributed by atoms with Crippen molar-refractivity contribution in [2.24, 2.45) is 22.6 Å². The maximum Gasteiger partial charge on any atom is 0.407 e. The molecule has 1 amide bonds. The zero-order chi connectivity index (χ0) is 15.5. The summed E-state index contributed by atoms with van der Waals surface area (Å²) >= 11 is 0. The van der Waals surface area contributed by atoms with Gasteiger partial charge in [-0.2, -0.15) is 0 Å². The number of alkyl carbamates (subject to hydrolysis) is 1. The Bertz CT molecular complexity index is 309. The topological polar surface area (TPSA) is 88.7 Å². The highest BCUT2D eigenvalue weighted by molar-refractivity contribution is 14.0. The van der Waals surface area contributed by atoms with E-state index < -0.39 is 6.09 Å². The third kappa shape index (κ3) is 14.0. The highest BCUT2D eigenvalue weighted by atomic mass is 127. The Kier molecular flexibility index (Phi) is 13.9. The summed E-state index contributed by atoms with van der Waals surface area (Å²) in [5, 5.41) is 5.88. The lowest BCUT2D eigenvalue weighted by Crippen LogP contribution is -2.46. The molecule has 0 radical (unpaired) electrons. The highest BCUT2D eigenvalue weighted by Crippen LogP contribution is 2.04. The predicted octanol–water partition coefficient (Wildman–Crippen LogP) is 2.33. The minimum absolute atomic E-state index is 0. The largest absolute Gasteiger partial charge is 0.450 e. The Morgan fingerprint density at radius 1 is 1.24 bits per heavy atom. The second-order valence-electron chi connectivity index (χ2n) is 5.69. The first-order chi connectivity index (χ1) is 9.35. The number of carbonyl (C=O) groups is 1. The van der Waals surface area contributed by atoms with E-state index in [1.54, 1.807) is 6.92 Å². The average molecular weight is 414 g/mol. The predicted molar refractivity (Wildman–Crippen MR) is 98.1 cm³/mol. The standard InChI is InChI=1S/C14H30N4O2.HI/c1-6-20-14(19)18-12(7-10(2)3)9-17-13(15)16-8-11(4)5;/h10-12H,6-9H2,1-5H3,(H,18,19)(H3,15,16,17);1H. The van der Waals surface area contributed by atoms with Crippen LogP contribution in [0.2, 0.25) is 0 Å². The number of aliphatic imine (C=N–C) groups is 1. The molecule has 0 aromatic rings. The number of nitrogens with one attached hydrogen (secondary N) is 2. The summed E-state index contributed by atoms with van der Waals surface area (Å²) in [7, 11) is 0. The van der Waals surface area contributed by atoms with Crippen molar-refractivity contribution in [2.75, 3.05) is 19.7 Å². The van der Waals surface area contributed by atoms with Crippen molar-refractivity contribution in [3.05, 3.63) is 0 Å². The molecule has 0 aromatic heterocycles. The van der Waals surface area contributed by atoms with Crippen LogP contribution in [-0.2, 0) is 4.74 Å². The van der Waals surface area contributed by atoms with Crippen molar-refractivity contribution in [1.82, 2.24) is 10.6 Å². The van der Waals surface area contributed by atoms with E-state index in [0.717, 1.165) is 6.42 Å². The molecule has 0 saturated heterocycles. The van der Waals surface area contributed by atoms with Gasteiger partial charge in [-0.3, -0.25) is 4.99 Å². The molecule has 0 aromatic carbocycles. The number of guanidine groups is 1. The van der Waals surface area contributed by atoms with E-state index in [4.69, 9.17) is 10.5 Å². The third-order valence-electron chi connectivity index (χ3n) is 2.51. The van der Waals surface area contributed by atoms with Crippen molar-refractivity contribution in [1.29, 1.82) is 0 Å². The van der Waals surface area contributed by atoms with Crippen LogP contribution in [0.15, 0.2) is 4.99 Å². The van der Waals surface area contributed by atoms with E-state index in [2.05, 4.69) is 43.3 Å². The molecule has 21 heavy (non-hydrogen) atoms. The molecule has 0 spiro atoms. The number of nitrogens with two attached hydrogens (primary N) is 1. The molecular weight excluding hydrogens is 383 g/mol. The summed E-state index contributed by atoms with van der Waals surface area (Å²) < 4.78 is 4.90. The van der Waals surface area contributed by atoms with E-state index in [1.165, 1.54) is 0 Å². The lowest BCUT2D eigenvalue weighted by molar-refractivity contribution is 0.146. The molecule has 7 heteroatoms. The van der Waals surface area contributed by atoms with Crippen LogP contribution in [0.25, 0.3) is 0 Å². The first-order valence-corrected chi connectivity index (χ1v) is 7.32. The van der Waals surface area contributed by atoms with Gasteiger partial charge < -0.3 is 21.1 Å². The van der Waals surface area contributed by atoms with Gasteiger partial charge >= 0.3 is 6.09 Å². The number of ether oxygens (including phenoxy) is 1. The number of hydrogen-bond acceptors (Lipinski definition) is 3. The summed E-state index contributed by atoms with van der Waals surface area (Å²) in [6.07, 6.45) is 0.459. The van der Waals surface area contributed by atoms with Gasteiger partial charge in [-0.25, -0.2) is 4.79 Å². The van der Waals surface area contributed by atoms with Crippen molar-refractivity contribution in [3.63, 3.8) is 0 Å². The fourth-order valence-corrected chi connectivity index (χ4v) is 1.67. The molecule has 0 aliphatic heterocycles. The molecule has 0 bridgehead atoms. The average Bonchev–Trinajstić information content (AvgIpc) is 2.33. The number of hydrogen-bond donors (Lipinski definition) is 3. The second-order valence-corrected chi connectivity index (χ2v) is 5.69. The van der Waals surface area contributed by atoms with Crippen LogP contribution in [0, 0.1) is 11.8 Å². The van der Waals surface area contributed by atoms with Crippen LogP contribution in [-0.4, -0.2) is 37.8 Å². The lowest BCUT2D eigenvalue weighted by Gasteiger charge is -2.21. The number of amides is 1. The maximum atomic E-state index is 11.5. The quantitative estimate of drug-likeness (QED) is 0.323. The molecule has 126 valence electrons. The fraction of sp³-hybridized carbons (Fsp3) is 0.857. The lowest BCUT2D eigenvalue weighted by atomic mass is 10.0. The molecule has 0 saturated carbocycles. The van der Waals surface area contributed by atoms with Crippen LogP contribution in [0.1, 0.15) is 41.0 Å². The molecule has 0 rings (SSSR count). The Morgan fingerprint density at radius 3 is 2.33 bits per heavy atom. The molecule has 0 aliphatic carbocycles. The number of rotatable bonds is 8. The smallest absolute Gasteiger partial charge is 0.407 e. The van der Waals surface area contributed by atoms with Gasteiger partial charge in [-0.05, 0) is 25.2 Å². The van der Waals surface area contributed by atoms with Gasteiger partial charge in [0.05, 0.1) is 6.61 Å². The fourth-order valence-electron chi connectivity index (χ4n) is 1.67. The molecule has 6 nitrogen and oxygen atoms in total. The van der Waals surface area contributed by atoms with Crippen molar-refractivity contribution < 1.29 is 9.53 Å². The zero-order valence-corrected chi connectivity index (χ0v) is 16.1. The summed E-state index contributed by atoms with van der Waals surface area (Å²) in [4.78, 5) is 15.7. The van der Waals surface area contributed by atoms with Crippen LogP contribution in [0.3, 0.4) is 0 Å². The van der Waals surface area contributed by atoms with Gasteiger partial charge in [-0.1, -0.05) is 27.7 Å². The molecule has 1 unspecified atom stereocenters. The normalized spacial score (nSPS) is 12.8. The second kappa shape index (κ2) is 13.0. The highest BCUT2D eigenvalue weighted by Gasteiger charge is 2.14. The first-order valence-electron chi connectivity index (χ1n) is 7.32. The van der Waals surface area contributed by atoms with Gasteiger partial charge in [0, 0.05) is 19.1 Å². The van der Waals surface area contributed by atoms with E-state index in [1.807, 2.05) is 0 Å². The minimum Gasteiger partial charge on any atom is -0.450 e. The van der Waals surface area contributed by atoms with E-state index in [-0.39, 0.29) is 30.0 Å². The molecule has 1 atom stereocenters. The summed E-state index contributed by atoms with van der Waals surface area (Å²) in [6, 6.07) is -0.0261. The summed E-state index contributed by atoms with van der Waals surface area (Å²) in [5.41, 5.74) is 5.79. The van der Waals surface area contributed by atoms with Crippen LogP contribution < -0.4 is 16.4 Å². The van der Waals surface area contributed by atoms with Gasteiger partial charge in [0.15, 0.2) is 5.96 Å². The maximum absolute atomic E-state index is 11.5. The molecule has 0 heterocycles. The van der Waals surface area contributed by atoms with Gasteiger partial charge in [0.1, 0.15) is 0 Å². The summed E-state index contributed by atoms with van der Waals surface area (Å²) in [6.45, 7) is 11.8. The van der Waals surface area contributed by atoms with E-state index in [9.17, 15) is 4.79 Å². The minimum atomic E-state index is -0.391. The molecule has 0 aliphatic rings. The summed E-state index contributed by atoms with van der Waals surface area (Å²) in [5.74, 6) is 1.36. The molecule has 4 N–H and O–H groups in total. The molecule has 0 fully saturated rings. The van der Waals surface area contributed by atoms with Gasteiger partial charge in [0.25, 0.3) is 0 Å². The van der Waals surface area contributed by atoms with Crippen LogP contribution in [0.4, 0.5) is 4.79 Å². The van der Waals surface area contributed by atoms with Crippen molar-refractivity contribution >= 4 is 36.0 Å². The van der Waals surface area contributed by atoms with Crippen molar-refractivity contribution in [2.45, 2.75) is 47.1 Å². The monoisotopic (exact) mass is 414 g/mol. The van der Waals surface area contributed by atoms with Gasteiger partial charge in [0.2, 0.25) is 0 Å². The molecular formula is C14H31IN4O2.